The van der Waals surface area contributed by atoms with Crippen molar-refractivity contribution in [3.8, 4) is 5.75 Å². The smallest absolute Gasteiger partial charge is 0.223 e. The van der Waals surface area contributed by atoms with Crippen LogP contribution in [-0.2, 0) is 16.0 Å². The van der Waals surface area contributed by atoms with Crippen molar-refractivity contribution >= 4 is 23.0 Å². The van der Waals surface area contributed by atoms with E-state index < -0.39 is 0 Å². The van der Waals surface area contributed by atoms with Gasteiger partial charge in [-0.05, 0) is 64.6 Å². The molecule has 0 fully saturated rings. The fraction of sp³-hybridized carbons (Fsp3) is 0.250. The van der Waals surface area contributed by atoms with Gasteiger partial charge in [0.1, 0.15) is 11.5 Å². The number of amides is 1. The second-order valence-corrected chi connectivity index (χ2v) is 7.01. The van der Waals surface area contributed by atoms with Crippen molar-refractivity contribution in [1.29, 1.82) is 0 Å². The number of methoxy groups -OCH3 is 1. The van der Waals surface area contributed by atoms with Gasteiger partial charge in [0, 0.05) is 18.4 Å². The summed E-state index contributed by atoms with van der Waals surface area (Å²) in [5.41, 5.74) is 4.78. The van der Waals surface area contributed by atoms with E-state index in [1.165, 1.54) is 23.6 Å². The Hall–Kier alpha value is -2.53. The Labute approximate surface area is 150 Å². The van der Waals surface area contributed by atoms with Gasteiger partial charge in [-0.2, -0.15) is 11.3 Å². The highest BCUT2D eigenvalue weighted by molar-refractivity contribution is 7.08. The van der Waals surface area contributed by atoms with E-state index in [2.05, 4.69) is 28.2 Å². The van der Waals surface area contributed by atoms with Crippen LogP contribution in [0.3, 0.4) is 0 Å². The van der Waals surface area contributed by atoms with Gasteiger partial charge in [-0.1, -0.05) is 6.07 Å². The molecule has 2 aliphatic rings. The molecule has 1 aliphatic carbocycles. The molecule has 0 radical (unpaired) electrons. The summed E-state index contributed by atoms with van der Waals surface area (Å²) in [6, 6.07) is 8.23. The van der Waals surface area contributed by atoms with Gasteiger partial charge in [-0.3, -0.25) is 10.1 Å². The van der Waals surface area contributed by atoms with E-state index in [9.17, 15) is 4.79 Å². The molecule has 4 nitrogen and oxygen atoms in total. The molecule has 1 amide bonds. The number of carbonyl (C=O) groups is 1. The molecule has 1 atom stereocenters. The highest BCUT2D eigenvalue weighted by atomic mass is 32.1. The summed E-state index contributed by atoms with van der Waals surface area (Å²) >= 11 is 1.68. The average Bonchev–Trinajstić information content (AvgIpc) is 3.14. The Morgan fingerprint density at radius 1 is 1.32 bits per heavy atom. The Bertz CT molecular complexity index is 880. The number of aryl methyl sites for hydroxylation is 1. The molecule has 1 N–H and O–H groups in total. The number of nitrogens with one attached hydrogen (secondary N) is 1. The number of hydrogen-bond donors (Lipinski definition) is 1. The molecule has 0 bridgehead atoms. The van der Waals surface area contributed by atoms with Gasteiger partial charge in [0.05, 0.1) is 7.11 Å². The monoisotopic (exact) mass is 353 g/mol. The number of fused-ring (bicyclic) bond motifs is 2. The number of rotatable bonds is 3. The van der Waals surface area contributed by atoms with Crippen LogP contribution in [0, 0.1) is 0 Å². The van der Waals surface area contributed by atoms with Gasteiger partial charge in [0.15, 0.2) is 5.88 Å². The normalized spacial score (nSPS) is 18.6. The lowest BCUT2D eigenvalue weighted by atomic mass is 9.80. The zero-order valence-electron chi connectivity index (χ0n) is 14.2. The molecule has 1 unspecified atom stereocenters. The number of carbonyl (C=O) groups excluding carboxylic acids is 1. The molecule has 0 saturated carbocycles. The minimum atomic E-state index is -0.138. The summed E-state index contributed by atoms with van der Waals surface area (Å²) in [6.07, 6.45) is 3.93. The Morgan fingerprint density at radius 2 is 2.20 bits per heavy atom. The van der Waals surface area contributed by atoms with Gasteiger partial charge in [0.2, 0.25) is 5.91 Å². The lowest BCUT2D eigenvalue weighted by Crippen LogP contribution is -2.26. The number of thiophene rings is 1. The van der Waals surface area contributed by atoms with E-state index in [4.69, 9.17) is 9.47 Å². The van der Waals surface area contributed by atoms with Gasteiger partial charge in [-0.25, -0.2) is 0 Å². The van der Waals surface area contributed by atoms with Crippen LogP contribution >= 0.6 is 11.3 Å². The fourth-order valence-electron chi connectivity index (χ4n) is 3.47. The molecule has 0 spiro atoms. The summed E-state index contributed by atoms with van der Waals surface area (Å²) in [7, 11) is 1.67. The lowest BCUT2D eigenvalue weighted by Gasteiger charge is -2.32. The Kier molecular flexibility index (Phi) is 4.09. The topological polar surface area (TPSA) is 47.6 Å². The first-order chi connectivity index (χ1) is 12.2. The fourth-order valence-corrected chi connectivity index (χ4v) is 4.17. The third-order valence-electron chi connectivity index (χ3n) is 4.62. The van der Waals surface area contributed by atoms with Gasteiger partial charge in [0.25, 0.3) is 0 Å². The van der Waals surface area contributed by atoms with E-state index in [0.29, 0.717) is 5.88 Å². The third-order valence-corrected chi connectivity index (χ3v) is 5.33. The van der Waals surface area contributed by atoms with Crippen LogP contribution in [-0.4, -0.2) is 13.0 Å². The summed E-state index contributed by atoms with van der Waals surface area (Å²) in [5, 5.41) is 7.04. The number of allylic oxidation sites excluding steroid dienone is 2. The summed E-state index contributed by atoms with van der Waals surface area (Å²) in [5.74, 6) is 2.14. The molecule has 0 saturated heterocycles. The quantitative estimate of drug-likeness (QED) is 0.899. The second-order valence-electron chi connectivity index (χ2n) is 6.23. The number of ether oxygens (including phenoxy) is 2. The van der Waals surface area contributed by atoms with Crippen molar-refractivity contribution in [2.45, 2.75) is 25.7 Å². The zero-order chi connectivity index (χ0) is 17.4. The van der Waals surface area contributed by atoms with Crippen LogP contribution in [0.25, 0.3) is 5.76 Å². The van der Waals surface area contributed by atoms with E-state index in [0.717, 1.165) is 29.9 Å². The van der Waals surface area contributed by atoms with Gasteiger partial charge < -0.3 is 9.47 Å². The van der Waals surface area contributed by atoms with E-state index in [1.807, 2.05) is 18.2 Å². The SMILES string of the molecule is COc1ccc2c(c1)C1=C(CC2)C(c2ccsc2)C=C(NC(C)=O)O1. The lowest BCUT2D eigenvalue weighted by molar-refractivity contribution is -0.118. The standard InChI is InChI=1S/C20H19NO3S/c1-12(22)21-19-10-17(14-7-8-25-11-14)16-6-4-13-3-5-15(23-2)9-18(13)20(16)24-19/h3,5,7-11,17H,4,6H2,1-2H3,(H,21,22). The van der Waals surface area contributed by atoms with E-state index in [-0.39, 0.29) is 11.8 Å². The minimum absolute atomic E-state index is 0.121. The minimum Gasteiger partial charge on any atom is -0.497 e. The van der Waals surface area contributed by atoms with Crippen LogP contribution in [0.2, 0.25) is 0 Å². The molecule has 5 heteroatoms. The maximum atomic E-state index is 11.5. The molecule has 4 rings (SSSR count). The van der Waals surface area contributed by atoms with E-state index in [1.54, 1.807) is 18.4 Å². The second kappa shape index (κ2) is 6.41. The molecular formula is C20H19NO3S. The Balaban J connectivity index is 1.83. The van der Waals surface area contributed by atoms with Gasteiger partial charge in [-0.15, -0.1) is 0 Å². The maximum absolute atomic E-state index is 11.5. The van der Waals surface area contributed by atoms with Crippen LogP contribution < -0.4 is 10.1 Å². The van der Waals surface area contributed by atoms with Crippen molar-refractivity contribution in [1.82, 2.24) is 5.32 Å². The van der Waals surface area contributed by atoms with Crippen LogP contribution in [0.5, 0.6) is 5.75 Å². The first-order valence-electron chi connectivity index (χ1n) is 8.25. The predicted molar refractivity (Wildman–Crippen MR) is 98.3 cm³/mol. The molecule has 1 aromatic heterocycles. The van der Waals surface area contributed by atoms with Crippen molar-refractivity contribution in [3.63, 3.8) is 0 Å². The summed E-state index contributed by atoms with van der Waals surface area (Å²) < 4.78 is 11.5. The number of benzene rings is 1. The first kappa shape index (κ1) is 16.0. The number of hydrogen-bond acceptors (Lipinski definition) is 4. The van der Waals surface area contributed by atoms with Crippen molar-refractivity contribution in [2.24, 2.45) is 0 Å². The van der Waals surface area contributed by atoms with Crippen molar-refractivity contribution in [2.75, 3.05) is 7.11 Å². The highest BCUT2D eigenvalue weighted by Crippen LogP contribution is 2.45. The predicted octanol–water partition coefficient (Wildman–Crippen LogP) is 4.21. The molecular weight excluding hydrogens is 334 g/mol. The Morgan fingerprint density at radius 3 is 2.92 bits per heavy atom. The maximum Gasteiger partial charge on any atom is 0.223 e. The zero-order valence-corrected chi connectivity index (χ0v) is 15.0. The molecule has 128 valence electrons. The van der Waals surface area contributed by atoms with Gasteiger partial charge >= 0.3 is 0 Å². The summed E-state index contributed by atoms with van der Waals surface area (Å²) in [6.45, 7) is 1.49. The molecule has 2 heterocycles. The largest absolute Gasteiger partial charge is 0.497 e. The first-order valence-corrected chi connectivity index (χ1v) is 9.19. The molecule has 1 aliphatic heterocycles. The van der Waals surface area contributed by atoms with E-state index >= 15 is 0 Å². The summed E-state index contributed by atoms with van der Waals surface area (Å²) in [4.78, 5) is 11.5. The van der Waals surface area contributed by atoms with Crippen LogP contribution in [0.1, 0.15) is 36.0 Å². The molecule has 2 aromatic rings. The van der Waals surface area contributed by atoms with Crippen molar-refractivity contribution < 1.29 is 14.3 Å². The highest BCUT2D eigenvalue weighted by Gasteiger charge is 2.31. The van der Waals surface area contributed by atoms with Crippen LogP contribution in [0.15, 0.2) is 52.6 Å². The molecule has 25 heavy (non-hydrogen) atoms. The molecule has 1 aromatic carbocycles. The average molecular weight is 353 g/mol. The third kappa shape index (κ3) is 2.96. The van der Waals surface area contributed by atoms with Crippen LogP contribution in [0.4, 0.5) is 0 Å². The van der Waals surface area contributed by atoms with Crippen molar-refractivity contribution in [3.05, 3.63) is 69.2 Å².